The second kappa shape index (κ2) is 7.46. The van der Waals surface area contributed by atoms with Crippen LogP contribution in [0.15, 0.2) is 53.0 Å². The molecule has 0 aliphatic heterocycles. The van der Waals surface area contributed by atoms with Crippen LogP contribution in [0.5, 0.6) is 5.75 Å². The van der Waals surface area contributed by atoms with Crippen molar-refractivity contribution in [3.8, 4) is 5.75 Å². The standard InChI is InChI=1S/C17H19BrO2/c1-13(19-2)11-14-3-5-15(6-4-14)12-20-17-9-7-16(18)8-10-17/h3-10,13H,11-12H2,1-2H3. The summed E-state index contributed by atoms with van der Waals surface area (Å²) in [7, 11) is 1.74. The molecule has 0 amide bonds. The van der Waals surface area contributed by atoms with Crippen molar-refractivity contribution in [1.29, 1.82) is 0 Å². The van der Waals surface area contributed by atoms with Crippen LogP contribution in [0.25, 0.3) is 0 Å². The Kier molecular flexibility index (Phi) is 5.62. The molecule has 20 heavy (non-hydrogen) atoms. The van der Waals surface area contributed by atoms with E-state index in [4.69, 9.17) is 9.47 Å². The third kappa shape index (κ3) is 4.66. The van der Waals surface area contributed by atoms with E-state index in [1.807, 2.05) is 24.3 Å². The average Bonchev–Trinajstić information content (AvgIpc) is 2.48. The lowest BCUT2D eigenvalue weighted by atomic mass is 10.1. The Hall–Kier alpha value is -1.32. The summed E-state index contributed by atoms with van der Waals surface area (Å²) in [5, 5.41) is 0. The number of benzene rings is 2. The van der Waals surface area contributed by atoms with E-state index in [1.54, 1.807) is 7.11 Å². The van der Waals surface area contributed by atoms with Crippen LogP contribution < -0.4 is 4.74 Å². The molecule has 0 fully saturated rings. The highest BCUT2D eigenvalue weighted by atomic mass is 79.9. The molecule has 2 aromatic carbocycles. The first-order valence-electron chi connectivity index (χ1n) is 6.66. The number of hydrogen-bond donors (Lipinski definition) is 0. The summed E-state index contributed by atoms with van der Waals surface area (Å²) in [6.45, 7) is 2.66. The molecule has 0 aliphatic rings. The summed E-state index contributed by atoms with van der Waals surface area (Å²) in [5.41, 5.74) is 2.45. The Labute approximate surface area is 128 Å². The fraction of sp³-hybridized carbons (Fsp3) is 0.294. The van der Waals surface area contributed by atoms with E-state index in [0.717, 1.165) is 16.6 Å². The van der Waals surface area contributed by atoms with Crippen molar-refractivity contribution in [3.05, 3.63) is 64.1 Å². The molecular formula is C17H19BrO2. The molecular weight excluding hydrogens is 316 g/mol. The van der Waals surface area contributed by atoms with E-state index in [-0.39, 0.29) is 6.10 Å². The Balaban J connectivity index is 1.89. The van der Waals surface area contributed by atoms with Crippen molar-refractivity contribution < 1.29 is 9.47 Å². The van der Waals surface area contributed by atoms with Crippen molar-refractivity contribution >= 4 is 15.9 Å². The number of methoxy groups -OCH3 is 1. The maximum Gasteiger partial charge on any atom is 0.119 e. The summed E-state index contributed by atoms with van der Waals surface area (Å²) < 4.78 is 12.1. The minimum atomic E-state index is 0.250. The number of hydrogen-bond acceptors (Lipinski definition) is 2. The molecule has 0 saturated heterocycles. The van der Waals surface area contributed by atoms with Crippen LogP contribution >= 0.6 is 15.9 Å². The Morgan fingerprint density at radius 1 is 0.950 bits per heavy atom. The summed E-state index contributed by atoms with van der Waals surface area (Å²) in [5.74, 6) is 0.880. The van der Waals surface area contributed by atoms with Gasteiger partial charge < -0.3 is 9.47 Å². The van der Waals surface area contributed by atoms with Gasteiger partial charge in [0, 0.05) is 11.6 Å². The second-order valence-corrected chi connectivity index (χ2v) is 5.73. The molecule has 0 saturated carbocycles. The van der Waals surface area contributed by atoms with E-state index in [9.17, 15) is 0 Å². The molecule has 0 bridgehead atoms. The van der Waals surface area contributed by atoms with Crippen LogP contribution in [0.2, 0.25) is 0 Å². The first-order chi connectivity index (χ1) is 9.67. The predicted molar refractivity (Wildman–Crippen MR) is 85.1 cm³/mol. The van der Waals surface area contributed by atoms with Gasteiger partial charge in [-0.3, -0.25) is 0 Å². The first kappa shape index (κ1) is 15.1. The van der Waals surface area contributed by atoms with Crippen LogP contribution in [0.3, 0.4) is 0 Å². The number of rotatable bonds is 6. The summed E-state index contributed by atoms with van der Waals surface area (Å²) in [4.78, 5) is 0. The average molecular weight is 335 g/mol. The first-order valence-corrected chi connectivity index (χ1v) is 7.45. The zero-order chi connectivity index (χ0) is 14.4. The van der Waals surface area contributed by atoms with Crippen molar-refractivity contribution in [1.82, 2.24) is 0 Å². The maximum atomic E-state index is 5.74. The number of halogens is 1. The molecule has 0 heterocycles. The van der Waals surface area contributed by atoms with Crippen molar-refractivity contribution in [2.45, 2.75) is 26.1 Å². The highest BCUT2D eigenvalue weighted by molar-refractivity contribution is 9.10. The second-order valence-electron chi connectivity index (χ2n) is 4.81. The lowest BCUT2D eigenvalue weighted by molar-refractivity contribution is 0.119. The van der Waals surface area contributed by atoms with Crippen molar-refractivity contribution in [2.75, 3.05) is 7.11 Å². The smallest absolute Gasteiger partial charge is 0.119 e. The summed E-state index contributed by atoms with van der Waals surface area (Å²) in [6.07, 6.45) is 1.18. The minimum Gasteiger partial charge on any atom is -0.489 e. The van der Waals surface area contributed by atoms with Gasteiger partial charge in [-0.25, -0.2) is 0 Å². The van der Waals surface area contributed by atoms with Crippen molar-refractivity contribution in [3.63, 3.8) is 0 Å². The summed E-state index contributed by atoms with van der Waals surface area (Å²) in [6, 6.07) is 16.4. The third-order valence-corrected chi connectivity index (χ3v) is 3.70. The molecule has 3 heteroatoms. The molecule has 0 spiro atoms. The van der Waals surface area contributed by atoms with Crippen LogP contribution in [0.4, 0.5) is 0 Å². The van der Waals surface area contributed by atoms with Gasteiger partial charge in [0.2, 0.25) is 0 Å². The third-order valence-electron chi connectivity index (χ3n) is 3.17. The Morgan fingerprint density at radius 2 is 1.55 bits per heavy atom. The fourth-order valence-electron chi connectivity index (χ4n) is 1.88. The lowest BCUT2D eigenvalue weighted by Gasteiger charge is -2.10. The topological polar surface area (TPSA) is 18.5 Å². The predicted octanol–water partition coefficient (Wildman–Crippen LogP) is 4.61. The molecule has 0 aliphatic carbocycles. The van der Waals surface area contributed by atoms with Gasteiger partial charge in [0.1, 0.15) is 12.4 Å². The van der Waals surface area contributed by atoms with Gasteiger partial charge in [0.05, 0.1) is 6.10 Å². The quantitative estimate of drug-likeness (QED) is 0.768. The Morgan fingerprint density at radius 3 is 2.15 bits per heavy atom. The van der Waals surface area contributed by atoms with Gasteiger partial charge in [-0.05, 0) is 48.7 Å². The SMILES string of the molecule is COC(C)Cc1ccc(COc2ccc(Br)cc2)cc1. The van der Waals surface area contributed by atoms with E-state index in [0.29, 0.717) is 6.61 Å². The van der Waals surface area contributed by atoms with Gasteiger partial charge in [0.15, 0.2) is 0 Å². The Bertz CT molecular complexity index is 520. The lowest BCUT2D eigenvalue weighted by Crippen LogP contribution is -2.08. The zero-order valence-corrected chi connectivity index (χ0v) is 13.4. The van der Waals surface area contributed by atoms with E-state index in [2.05, 4.69) is 47.1 Å². The molecule has 1 atom stereocenters. The van der Waals surface area contributed by atoms with E-state index in [1.165, 1.54) is 11.1 Å². The van der Waals surface area contributed by atoms with Gasteiger partial charge in [-0.2, -0.15) is 0 Å². The molecule has 2 rings (SSSR count). The summed E-state index contributed by atoms with van der Waals surface area (Å²) >= 11 is 3.41. The van der Waals surface area contributed by atoms with Gasteiger partial charge >= 0.3 is 0 Å². The molecule has 2 aromatic rings. The fourth-order valence-corrected chi connectivity index (χ4v) is 2.15. The normalized spacial score (nSPS) is 12.2. The van der Waals surface area contributed by atoms with Crippen LogP contribution in [0.1, 0.15) is 18.1 Å². The molecule has 0 radical (unpaired) electrons. The highest BCUT2D eigenvalue weighted by Gasteiger charge is 2.02. The zero-order valence-electron chi connectivity index (χ0n) is 11.8. The molecule has 0 N–H and O–H groups in total. The maximum absolute atomic E-state index is 5.74. The highest BCUT2D eigenvalue weighted by Crippen LogP contribution is 2.17. The molecule has 0 aromatic heterocycles. The van der Waals surface area contributed by atoms with Gasteiger partial charge in [-0.1, -0.05) is 40.2 Å². The number of ether oxygens (including phenoxy) is 2. The largest absolute Gasteiger partial charge is 0.489 e. The minimum absolute atomic E-state index is 0.250. The van der Waals surface area contributed by atoms with Gasteiger partial charge in [0.25, 0.3) is 0 Å². The van der Waals surface area contributed by atoms with E-state index >= 15 is 0 Å². The van der Waals surface area contributed by atoms with Crippen LogP contribution in [0, 0.1) is 0 Å². The van der Waals surface area contributed by atoms with Gasteiger partial charge in [-0.15, -0.1) is 0 Å². The molecule has 2 nitrogen and oxygen atoms in total. The van der Waals surface area contributed by atoms with E-state index < -0.39 is 0 Å². The van der Waals surface area contributed by atoms with Crippen LogP contribution in [-0.4, -0.2) is 13.2 Å². The van der Waals surface area contributed by atoms with Crippen LogP contribution in [-0.2, 0) is 17.8 Å². The molecule has 106 valence electrons. The van der Waals surface area contributed by atoms with Crippen molar-refractivity contribution in [2.24, 2.45) is 0 Å². The molecule has 1 unspecified atom stereocenters. The monoisotopic (exact) mass is 334 g/mol.